The van der Waals surface area contributed by atoms with Crippen LogP contribution in [-0.4, -0.2) is 56.9 Å². The minimum atomic E-state index is -3.49. The van der Waals surface area contributed by atoms with Gasteiger partial charge in [0.15, 0.2) is 0 Å². The predicted molar refractivity (Wildman–Crippen MR) is 141 cm³/mol. The Morgan fingerprint density at radius 1 is 1.00 bits per heavy atom. The number of ether oxygens (including phenoxy) is 1. The smallest absolute Gasteiger partial charge is 0.243 e. The molecule has 36 heavy (non-hydrogen) atoms. The Morgan fingerprint density at radius 3 is 2.64 bits per heavy atom. The van der Waals surface area contributed by atoms with Crippen LogP contribution in [0.2, 0.25) is 0 Å². The molecule has 3 aromatic rings. The molecule has 2 saturated heterocycles. The van der Waals surface area contributed by atoms with E-state index in [1.54, 1.807) is 29.6 Å². The molecule has 1 atom stereocenters. The van der Waals surface area contributed by atoms with Gasteiger partial charge in [-0.1, -0.05) is 12.5 Å². The number of aromatic nitrogens is 1. The fourth-order valence-electron chi connectivity index (χ4n) is 5.03. The lowest BCUT2D eigenvalue weighted by Crippen LogP contribution is -2.41. The van der Waals surface area contributed by atoms with Crippen LogP contribution < -0.4 is 15.0 Å². The summed E-state index contributed by atoms with van der Waals surface area (Å²) in [6.45, 7) is 2.57. The van der Waals surface area contributed by atoms with Gasteiger partial charge in [-0.2, -0.15) is 4.31 Å². The lowest BCUT2D eigenvalue weighted by atomic mass is 9.97. The van der Waals surface area contributed by atoms with Gasteiger partial charge in [-0.3, -0.25) is 4.79 Å². The summed E-state index contributed by atoms with van der Waals surface area (Å²) < 4.78 is 33.0. The van der Waals surface area contributed by atoms with Gasteiger partial charge in [0, 0.05) is 43.3 Å². The van der Waals surface area contributed by atoms with Crippen molar-refractivity contribution in [2.24, 2.45) is 5.92 Å². The van der Waals surface area contributed by atoms with Gasteiger partial charge >= 0.3 is 0 Å². The molecule has 2 aromatic carbocycles. The van der Waals surface area contributed by atoms with E-state index in [4.69, 9.17) is 9.72 Å². The van der Waals surface area contributed by atoms with Gasteiger partial charge in [0.2, 0.25) is 15.9 Å². The van der Waals surface area contributed by atoms with E-state index in [0.717, 1.165) is 61.1 Å². The third-order valence-corrected chi connectivity index (χ3v) is 8.95. The van der Waals surface area contributed by atoms with Crippen molar-refractivity contribution in [2.75, 3.05) is 43.5 Å². The average Bonchev–Trinajstić information content (AvgIpc) is 2.93. The molecule has 1 aromatic heterocycles. The minimum absolute atomic E-state index is 0.0127. The number of sulfonamides is 1. The molecular formula is C27H32N4O4S. The van der Waals surface area contributed by atoms with Gasteiger partial charge in [0.25, 0.3) is 0 Å². The molecule has 0 spiro atoms. The SMILES string of the molecule is COc1cccc(NC(=O)[C@@H]2CCCN(c3ccc4cc(S(=O)(=O)N5CCCCC5)ccc4n3)C2)c1. The van der Waals surface area contributed by atoms with E-state index >= 15 is 0 Å². The second-order valence-corrected chi connectivity index (χ2v) is 11.4. The molecule has 0 radical (unpaired) electrons. The number of fused-ring (bicyclic) bond motifs is 1. The first-order valence-electron chi connectivity index (χ1n) is 12.5. The van der Waals surface area contributed by atoms with E-state index in [1.165, 1.54) is 0 Å². The number of amides is 1. The van der Waals surface area contributed by atoms with Crippen molar-refractivity contribution in [3.05, 3.63) is 54.6 Å². The highest BCUT2D eigenvalue weighted by Crippen LogP contribution is 2.28. The van der Waals surface area contributed by atoms with E-state index in [2.05, 4.69) is 10.2 Å². The Kier molecular flexibility index (Phi) is 7.11. The molecule has 1 N–H and O–H groups in total. The maximum atomic E-state index is 13.1. The minimum Gasteiger partial charge on any atom is -0.497 e. The fraction of sp³-hybridized carbons (Fsp3) is 0.407. The summed E-state index contributed by atoms with van der Waals surface area (Å²) in [5.74, 6) is 1.33. The topological polar surface area (TPSA) is 91.8 Å². The lowest BCUT2D eigenvalue weighted by molar-refractivity contribution is -0.120. The summed E-state index contributed by atoms with van der Waals surface area (Å²) in [7, 11) is -1.89. The number of hydrogen-bond donors (Lipinski definition) is 1. The zero-order chi connectivity index (χ0) is 25.1. The molecule has 2 aliphatic heterocycles. The van der Waals surface area contributed by atoms with Crippen molar-refractivity contribution in [3.63, 3.8) is 0 Å². The van der Waals surface area contributed by atoms with Gasteiger partial charge in [0.05, 0.1) is 23.4 Å². The largest absolute Gasteiger partial charge is 0.497 e. The highest BCUT2D eigenvalue weighted by Gasteiger charge is 2.28. The van der Waals surface area contributed by atoms with Crippen molar-refractivity contribution in [2.45, 2.75) is 37.0 Å². The predicted octanol–water partition coefficient (Wildman–Crippen LogP) is 4.27. The number of carbonyl (C=O) groups excluding carboxylic acids is 1. The number of piperidine rings is 2. The van der Waals surface area contributed by atoms with Crippen molar-refractivity contribution in [1.29, 1.82) is 0 Å². The summed E-state index contributed by atoms with van der Waals surface area (Å²) in [6, 6.07) is 16.4. The second-order valence-electron chi connectivity index (χ2n) is 9.50. The molecular weight excluding hydrogens is 476 g/mol. The Bertz CT molecular complexity index is 1350. The normalized spacial score (nSPS) is 19.2. The van der Waals surface area contributed by atoms with Crippen LogP contribution in [0, 0.1) is 5.92 Å². The van der Waals surface area contributed by atoms with E-state index in [9.17, 15) is 13.2 Å². The van der Waals surface area contributed by atoms with Crippen molar-refractivity contribution in [1.82, 2.24) is 9.29 Å². The van der Waals surface area contributed by atoms with Crippen molar-refractivity contribution in [3.8, 4) is 5.75 Å². The second kappa shape index (κ2) is 10.4. The zero-order valence-electron chi connectivity index (χ0n) is 20.5. The molecule has 3 heterocycles. The van der Waals surface area contributed by atoms with Crippen LogP contribution in [0.15, 0.2) is 59.5 Å². The Balaban J connectivity index is 1.30. The molecule has 0 saturated carbocycles. The number of benzene rings is 2. The number of methoxy groups -OCH3 is 1. The average molecular weight is 509 g/mol. The van der Waals surface area contributed by atoms with Gasteiger partial charge < -0.3 is 15.0 Å². The standard InChI is InChI=1S/C27H32N4O4S/c1-35-23-9-5-8-22(18-23)28-27(32)21-7-6-14-30(19-21)26-13-10-20-17-24(11-12-25(20)29-26)36(33,34)31-15-3-2-4-16-31/h5,8-13,17-18,21H,2-4,6-7,14-16,19H2,1H3,(H,28,32)/t21-/m1/s1. The number of pyridine rings is 1. The number of nitrogens with zero attached hydrogens (tertiary/aromatic N) is 3. The quantitative estimate of drug-likeness (QED) is 0.535. The Morgan fingerprint density at radius 2 is 1.83 bits per heavy atom. The first kappa shape index (κ1) is 24.5. The van der Waals surface area contributed by atoms with Gasteiger partial charge in [-0.15, -0.1) is 0 Å². The summed E-state index contributed by atoms with van der Waals surface area (Å²) in [5.41, 5.74) is 1.46. The molecule has 2 aliphatic rings. The highest BCUT2D eigenvalue weighted by molar-refractivity contribution is 7.89. The van der Waals surface area contributed by atoms with E-state index in [-0.39, 0.29) is 11.8 Å². The molecule has 9 heteroatoms. The Hall–Kier alpha value is -3.17. The first-order chi connectivity index (χ1) is 17.4. The summed E-state index contributed by atoms with van der Waals surface area (Å²) in [6.07, 6.45) is 4.61. The van der Waals surface area contributed by atoms with Gasteiger partial charge in [-0.05, 0) is 68.1 Å². The number of carbonyl (C=O) groups is 1. The molecule has 2 fully saturated rings. The zero-order valence-corrected chi connectivity index (χ0v) is 21.3. The Labute approximate surface area is 212 Å². The van der Waals surface area contributed by atoms with E-state index in [1.807, 2.05) is 36.4 Å². The van der Waals surface area contributed by atoms with Crippen LogP contribution in [-0.2, 0) is 14.8 Å². The van der Waals surface area contributed by atoms with Crippen LogP contribution in [0.1, 0.15) is 32.1 Å². The summed E-state index contributed by atoms with van der Waals surface area (Å²) >= 11 is 0. The number of nitrogens with one attached hydrogen (secondary N) is 1. The maximum Gasteiger partial charge on any atom is 0.243 e. The van der Waals surface area contributed by atoms with Crippen molar-refractivity contribution < 1.29 is 17.9 Å². The third-order valence-electron chi connectivity index (χ3n) is 7.05. The fourth-order valence-corrected chi connectivity index (χ4v) is 6.58. The van der Waals surface area contributed by atoms with Gasteiger partial charge in [-0.25, -0.2) is 13.4 Å². The van der Waals surface area contributed by atoms with Crippen LogP contribution in [0.3, 0.4) is 0 Å². The van der Waals surface area contributed by atoms with E-state index < -0.39 is 10.0 Å². The van der Waals surface area contributed by atoms with Gasteiger partial charge in [0.1, 0.15) is 11.6 Å². The summed E-state index contributed by atoms with van der Waals surface area (Å²) in [5, 5.41) is 3.80. The third kappa shape index (κ3) is 5.17. The lowest BCUT2D eigenvalue weighted by Gasteiger charge is -2.33. The van der Waals surface area contributed by atoms with Crippen molar-refractivity contribution >= 4 is 38.3 Å². The molecule has 8 nitrogen and oxygen atoms in total. The highest BCUT2D eigenvalue weighted by atomic mass is 32.2. The molecule has 1 amide bonds. The number of anilines is 2. The monoisotopic (exact) mass is 508 g/mol. The van der Waals surface area contributed by atoms with E-state index in [0.29, 0.717) is 30.3 Å². The van der Waals surface area contributed by atoms with Crippen LogP contribution in [0.5, 0.6) is 5.75 Å². The number of rotatable bonds is 6. The number of hydrogen-bond acceptors (Lipinski definition) is 6. The molecule has 5 rings (SSSR count). The first-order valence-corrected chi connectivity index (χ1v) is 14.0. The molecule has 0 unspecified atom stereocenters. The molecule has 0 bridgehead atoms. The maximum absolute atomic E-state index is 13.1. The molecule has 0 aliphatic carbocycles. The molecule has 190 valence electrons. The van der Waals surface area contributed by atoms with Crippen LogP contribution >= 0.6 is 0 Å². The van der Waals surface area contributed by atoms with Crippen LogP contribution in [0.4, 0.5) is 11.5 Å². The summed E-state index contributed by atoms with van der Waals surface area (Å²) in [4.78, 5) is 20.2. The van der Waals surface area contributed by atoms with Crippen LogP contribution in [0.25, 0.3) is 10.9 Å².